The number of hydrogen-bond acceptors (Lipinski definition) is 2. The summed E-state index contributed by atoms with van der Waals surface area (Å²) in [6, 6.07) is 0. The van der Waals surface area contributed by atoms with Crippen molar-refractivity contribution in [3.63, 3.8) is 0 Å². The van der Waals surface area contributed by atoms with E-state index in [0.29, 0.717) is 0 Å². The maximum Gasteiger partial charge on any atom is 0.458 e. The third-order valence-electron chi connectivity index (χ3n) is 1.06. The molecule has 8 heteroatoms. The number of hydrogen-bond donors (Lipinski definition) is 0. The number of rotatable bonds is 2. The molecule has 0 saturated carbocycles. The molecule has 0 bridgehead atoms. The summed E-state index contributed by atoms with van der Waals surface area (Å²) in [5.74, 6) is -7.77. The van der Waals surface area contributed by atoms with Gasteiger partial charge in [-0.15, -0.1) is 0 Å². The normalized spacial score (nSPS) is 15.9. The molecule has 0 atom stereocenters. The summed E-state index contributed by atoms with van der Waals surface area (Å²) < 4.78 is 62.4. The third-order valence-corrected chi connectivity index (χ3v) is 1.94. The minimum atomic E-state index is -5.87. The lowest BCUT2D eigenvalue weighted by atomic mass is 10.3. The summed E-state index contributed by atoms with van der Waals surface area (Å²) in [5.41, 5.74) is 0. The maximum absolute atomic E-state index is 12.3. The molecule has 0 radical (unpaired) electrons. The topological polar surface area (TPSA) is 35.4 Å². The van der Waals surface area contributed by atoms with Crippen molar-refractivity contribution in [1.29, 1.82) is 0 Å². The van der Waals surface area contributed by atoms with E-state index < -0.39 is 26.2 Å². The Morgan fingerprint density at radius 1 is 1.07 bits per heavy atom. The molecule has 0 rings (SSSR count). The van der Waals surface area contributed by atoms with Crippen LogP contribution in [0.25, 0.3) is 0 Å². The molecule has 0 aromatic carbocycles. The van der Waals surface area contributed by atoms with Crippen LogP contribution in [0.15, 0.2) is 4.66 Å². The molecule has 0 spiro atoms. The standard InChI is InChI=1S/C6H10F5NOSi/c1-14(2,3)12-4(13)5(7,8)6(9,10)11/h1-3H3,(H,12,13)/p-1. The molecular formula is C6H9F5NOSi-. The SMILES string of the molecule is C[Si](C)(C)N=C([O-])C(F)(F)C(F)(F)F. The van der Waals surface area contributed by atoms with Gasteiger partial charge in [-0.1, -0.05) is 19.6 Å². The molecule has 0 aliphatic heterocycles. The summed E-state index contributed by atoms with van der Waals surface area (Å²) in [6.45, 7) is 4.16. The van der Waals surface area contributed by atoms with Crippen molar-refractivity contribution in [2.75, 3.05) is 0 Å². The molecule has 0 N–H and O–H groups in total. The molecule has 0 aliphatic rings. The minimum absolute atomic E-state index is 1.39. The quantitative estimate of drug-likeness (QED) is 0.310. The maximum atomic E-state index is 12.3. The van der Waals surface area contributed by atoms with Crippen molar-refractivity contribution in [3.8, 4) is 0 Å². The zero-order valence-corrected chi connectivity index (χ0v) is 8.75. The summed E-state index contributed by atoms with van der Waals surface area (Å²) in [4.78, 5) is 0. The molecule has 0 amide bonds. The highest BCUT2D eigenvalue weighted by Crippen LogP contribution is 2.35. The second kappa shape index (κ2) is 3.48. The highest BCUT2D eigenvalue weighted by atomic mass is 28.3. The fraction of sp³-hybridized carbons (Fsp3) is 0.833. The van der Waals surface area contributed by atoms with Gasteiger partial charge in [-0.25, -0.2) is 0 Å². The first-order chi connectivity index (χ1) is 5.88. The Balaban J connectivity index is 5.04. The summed E-state index contributed by atoms with van der Waals surface area (Å²) in [6.07, 6.45) is -5.87. The van der Waals surface area contributed by atoms with E-state index in [-0.39, 0.29) is 0 Å². The van der Waals surface area contributed by atoms with Crippen molar-refractivity contribution < 1.29 is 27.1 Å². The highest BCUT2D eigenvalue weighted by Gasteiger charge is 2.58. The Morgan fingerprint density at radius 3 is 1.64 bits per heavy atom. The molecule has 2 nitrogen and oxygen atoms in total. The molecule has 0 saturated heterocycles. The summed E-state index contributed by atoms with van der Waals surface area (Å²) in [7, 11) is -2.61. The number of alkyl halides is 5. The van der Waals surface area contributed by atoms with Gasteiger partial charge in [0.1, 0.15) is 0 Å². The van der Waals surface area contributed by atoms with Crippen LogP contribution in [0.5, 0.6) is 0 Å². The molecule has 0 aromatic heterocycles. The Labute approximate surface area is 78.5 Å². The lowest BCUT2D eigenvalue weighted by Crippen LogP contribution is -2.51. The fourth-order valence-corrected chi connectivity index (χ4v) is 1.25. The molecule has 0 heterocycles. The second-order valence-corrected chi connectivity index (χ2v) is 8.23. The average molecular weight is 234 g/mol. The summed E-state index contributed by atoms with van der Waals surface area (Å²) >= 11 is 0. The lowest BCUT2D eigenvalue weighted by molar-refractivity contribution is -0.306. The van der Waals surface area contributed by atoms with E-state index >= 15 is 0 Å². The van der Waals surface area contributed by atoms with E-state index in [1.54, 1.807) is 0 Å². The van der Waals surface area contributed by atoms with Gasteiger partial charge in [-0.3, -0.25) is 0 Å². The van der Waals surface area contributed by atoms with Gasteiger partial charge < -0.3 is 9.76 Å². The molecule has 84 valence electrons. The van der Waals surface area contributed by atoms with E-state index in [0.717, 1.165) is 0 Å². The third kappa shape index (κ3) is 3.24. The predicted molar refractivity (Wildman–Crippen MR) is 41.8 cm³/mol. The monoisotopic (exact) mass is 234 g/mol. The lowest BCUT2D eigenvalue weighted by Gasteiger charge is -2.27. The van der Waals surface area contributed by atoms with Crippen LogP contribution in [0.4, 0.5) is 22.0 Å². The molecule has 0 unspecified atom stereocenters. The minimum Gasteiger partial charge on any atom is -0.858 e. The number of nitrogens with zero attached hydrogens (tertiary/aromatic N) is 1. The van der Waals surface area contributed by atoms with Gasteiger partial charge in [0, 0.05) is 5.90 Å². The van der Waals surface area contributed by atoms with Crippen LogP contribution >= 0.6 is 0 Å². The molecule has 0 aliphatic carbocycles. The Hall–Kier alpha value is -0.663. The van der Waals surface area contributed by atoms with E-state index in [4.69, 9.17) is 0 Å². The van der Waals surface area contributed by atoms with Crippen LogP contribution in [0.3, 0.4) is 0 Å². The van der Waals surface area contributed by atoms with Crippen LogP contribution in [0, 0.1) is 0 Å². The fourth-order valence-electron chi connectivity index (χ4n) is 0.496. The Morgan fingerprint density at radius 2 is 1.43 bits per heavy atom. The van der Waals surface area contributed by atoms with E-state index in [9.17, 15) is 27.1 Å². The first kappa shape index (κ1) is 13.3. The van der Waals surface area contributed by atoms with Gasteiger partial charge in [0.25, 0.3) is 0 Å². The Bertz CT molecular complexity index is 242. The van der Waals surface area contributed by atoms with Crippen molar-refractivity contribution in [1.82, 2.24) is 0 Å². The van der Waals surface area contributed by atoms with E-state index in [1.165, 1.54) is 19.6 Å². The molecule has 0 aromatic rings. The number of halogens is 5. The van der Waals surface area contributed by atoms with Crippen LogP contribution in [-0.2, 0) is 0 Å². The zero-order valence-electron chi connectivity index (χ0n) is 7.75. The highest BCUT2D eigenvalue weighted by molar-refractivity contribution is 6.75. The first-order valence-corrected chi connectivity index (χ1v) is 7.04. The molecule has 0 fully saturated rings. The second-order valence-electron chi connectivity index (χ2n) is 3.66. The van der Waals surface area contributed by atoms with Gasteiger partial charge in [-0.2, -0.15) is 22.0 Å². The van der Waals surface area contributed by atoms with Crippen LogP contribution in [0.1, 0.15) is 0 Å². The smallest absolute Gasteiger partial charge is 0.458 e. The van der Waals surface area contributed by atoms with Crippen LogP contribution < -0.4 is 5.11 Å². The van der Waals surface area contributed by atoms with Crippen molar-refractivity contribution in [3.05, 3.63) is 0 Å². The zero-order chi connectivity index (χ0) is 11.8. The van der Waals surface area contributed by atoms with Crippen LogP contribution in [-0.4, -0.2) is 26.2 Å². The van der Waals surface area contributed by atoms with Crippen molar-refractivity contribution in [2.45, 2.75) is 31.7 Å². The van der Waals surface area contributed by atoms with E-state index in [1.807, 2.05) is 0 Å². The van der Waals surface area contributed by atoms with Gasteiger partial charge in [0.05, 0.1) is 0 Å². The van der Waals surface area contributed by atoms with Gasteiger partial charge >= 0.3 is 12.1 Å². The van der Waals surface area contributed by atoms with Crippen molar-refractivity contribution >= 4 is 14.1 Å². The molecule has 14 heavy (non-hydrogen) atoms. The average Bonchev–Trinajstić information content (AvgIpc) is 1.80. The van der Waals surface area contributed by atoms with Crippen molar-refractivity contribution in [2.24, 2.45) is 4.66 Å². The largest absolute Gasteiger partial charge is 0.858 e. The van der Waals surface area contributed by atoms with E-state index in [2.05, 4.69) is 4.66 Å². The van der Waals surface area contributed by atoms with Crippen LogP contribution in [0.2, 0.25) is 19.6 Å². The molecular weight excluding hydrogens is 225 g/mol. The van der Waals surface area contributed by atoms with Gasteiger partial charge in [0.15, 0.2) is 8.24 Å². The Kier molecular flexibility index (Phi) is 3.32. The van der Waals surface area contributed by atoms with Gasteiger partial charge in [-0.05, 0) is 0 Å². The first-order valence-electron chi connectivity index (χ1n) is 3.60. The summed E-state index contributed by atoms with van der Waals surface area (Å²) in [5, 5.41) is 10.5. The predicted octanol–water partition coefficient (Wildman–Crippen LogP) is 1.78. The van der Waals surface area contributed by atoms with Gasteiger partial charge in [0.2, 0.25) is 0 Å².